The van der Waals surface area contributed by atoms with Crippen LogP contribution in [0.25, 0.3) is 0 Å². The Hall–Kier alpha value is -2.98. The molecule has 2 aromatic carbocycles. The first kappa shape index (κ1) is 25.3. The van der Waals surface area contributed by atoms with Crippen LogP contribution in [0, 0.1) is 5.41 Å². The Balaban J connectivity index is 1.26. The molecule has 4 aliphatic rings. The minimum Gasteiger partial charge on any atom is -0.489 e. The predicted molar refractivity (Wildman–Crippen MR) is 149 cm³/mol. The molecule has 2 aromatic rings. The molecule has 1 saturated carbocycles. The highest BCUT2D eigenvalue weighted by atomic mass is 32.2. The van der Waals surface area contributed by atoms with Crippen LogP contribution in [-0.4, -0.2) is 64.1 Å². The van der Waals surface area contributed by atoms with Gasteiger partial charge in [-0.1, -0.05) is 0 Å². The average molecular weight is 541 g/mol. The lowest BCUT2D eigenvalue weighted by atomic mass is 9.93. The summed E-state index contributed by atoms with van der Waals surface area (Å²) in [6.07, 6.45) is 8.19. The summed E-state index contributed by atoms with van der Waals surface area (Å²) in [5.74, 6) is 0.239. The van der Waals surface area contributed by atoms with E-state index in [1.54, 1.807) is 18.2 Å². The number of nitrogens with zero attached hydrogens (tertiary/aromatic N) is 2. The Bertz CT molecular complexity index is 1320. The van der Waals surface area contributed by atoms with Gasteiger partial charge in [0.05, 0.1) is 41.0 Å². The summed E-state index contributed by atoms with van der Waals surface area (Å²) in [6.45, 7) is 2.90. The van der Waals surface area contributed by atoms with E-state index in [4.69, 9.17) is 9.84 Å². The lowest BCUT2D eigenvalue weighted by molar-refractivity contribution is 0.102. The lowest BCUT2D eigenvalue weighted by Crippen LogP contribution is -2.46. The Morgan fingerprint density at radius 3 is 2.53 bits per heavy atom. The maximum atomic E-state index is 13.6. The molecule has 3 aliphatic heterocycles. The van der Waals surface area contributed by atoms with Crippen molar-refractivity contribution in [2.24, 2.45) is 5.41 Å². The van der Waals surface area contributed by atoms with Crippen LogP contribution in [-0.2, 0) is 10.0 Å². The number of aliphatic hydroxyl groups is 1. The second kappa shape index (κ2) is 9.96. The highest BCUT2D eigenvalue weighted by molar-refractivity contribution is 7.92. The van der Waals surface area contributed by atoms with E-state index in [1.807, 2.05) is 18.2 Å². The molecule has 10 heteroatoms. The molecule has 204 valence electrons. The molecule has 0 unspecified atom stereocenters. The molecule has 2 saturated heterocycles. The van der Waals surface area contributed by atoms with E-state index < -0.39 is 16.6 Å². The molecule has 6 rings (SSSR count). The number of nitrogens with one attached hydrogen (secondary N) is 2. The van der Waals surface area contributed by atoms with E-state index in [2.05, 4.69) is 19.8 Å². The van der Waals surface area contributed by atoms with Crippen LogP contribution < -0.4 is 24.6 Å². The summed E-state index contributed by atoms with van der Waals surface area (Å²) in [7, 11) is -3.68. The normalized spacial score (nSPS) is 21.8. The monoisotopic (exact) mass is 540 g/mol. The van der Waals surface area contributed by atoms with Gasteiger partial charge in [-0.15, -0.1) is 0 Å². The SMILES string of the molecule is O=C(Nc1ccc2c(c1)N1CCCC[C@H]1CO2)c1ccc(NS(=O)(=O)CCO)cc1N1CCC2(CC1)CC2. The number of rotatable bonds is 7. The molecule has 1 amide bonds. The number of sulfonamides is 1. The fourth-order valence-electron chi connectivity index (χ4n) is 6.12. The first-order valence-electron chi connectivity index (χ1n) is 13.7. The van der Waals surface area contributed by atoms with E-state index in [-0.39, 0.29) is 11.7 Å². The number of fused-ring (bicyclic) bond motifs is 3. The zero-order chi connectivity index (χ0) is 26.3. The number of ether oxygens (including phenoxy) is 1. The van der Waals surface area contributed by atoms with Crippen molar-refractivity contribution in [2.75, 3.05) is 58.4 Å². The van der Waals surface area contributed by atoms with Gasteiger partial charge >= 0.3 is 0 Å². The van der Waals surface area contributed by atoms with Gasteiger partial charge in [0.25, 0.3) is 5.91 Å². The van der Waals surface area contributed by atoms with Gasteiger partial charge in [-0.2, -0.15) is 0 Å². The molecule has 3 heterocycles. The molecule has 3 N–H and O–H groups in total. The van der Waals surface area contributed by atoms with Crippen LogP contribution in [0.3, 0.4) is 0 Å². The summed E-state index contributed by atoms with van der Waals surface area (Å²) in [5, 5.41) is 12.2. The summed E-state index contributed by atoms with van der Waals surface area (Å²) in [5.41, 5.74) is 3.82. The van der Waals surface area contributed by atoms with Gasteiger partial charge < -0.3 is 25.0 Å². The number of benzene rings is 2. The van der Waals surface area contributed by atoms with Crippen LogP contribution in [0.4, 0.5) is 22.7 Å². The minimum absolute atomic E-state index is 0.233. The summed E-state index contributed by atoms with van der Waals surface area (Å²) in [6, 6.07) is 11.2. The predicted octanol–water partition coefficient (Wildman–Crippen LogP) is 3.80. The van der Waals surface area contributed by atoms with Gasteiger partial charge in [-0.05, 0) is 86.8 Å². The molecule has 38 heavy (non-hydrogen) atoms. The Morgan fingerprint density at radius 1 is 1.00 bits per heavy atom. The van der Waals surface area contributed by atoms with Crippen LogP contribution in [0.1, 0.15) is 55.3 Å². The fraction of sp³-hybridized carbons (Fsp3) is 0.536. The number of carbonyl (C=O) groups is 1. The van der Waals surface area contributed by atoms with Crippen molar-refractivity contribution >= 4 is 38.7 Å². The highest BCUT2D eigenvalue weighted by Gasteiger charge is 2.44. The summed E-state index contributed by atoms with van der Waals surface area (Å²) >= 11 is 0. The van der Waals surface area contributed by atoms with Crippen molar-refractivity contribution in [2.45, 2.75) is 51.0 Å². The topological polar surface area (TPSA) is 111 Å². The smallest absolute Gasteiger partial charge is 0.257 e. The maximum Gasteiger partial charge on any atom is 0.257 e. The molecule has 1 aliphatic carbocycles. The van der Waals surface area contributed by atoms with Crippen LogP contribution >= 0.6 is 0 Å². The van der Waals surface area contributed by atoms with Gasteiger partial charge in [-0.25, -0.2) is 8.42 Å². The molecule has 0 aromatic heterocycles. The molecular formula is C28H36N4O5S. The largest absolute Gasteiger partial charge is 0.489 e. The third-order valence-corrected chi connectivity index (χ3v) is 9.85. The van der Waals surface area contributed by atoms with Gasteiger partial charge in [0.1, 0.15) is 12.4 Å². The van der Waals surface area contributed by atoms with E-state index in [1.165, 1.54) is 19.3 Å². The molecule has 3 fully saturated rings. The third-order valence-electron chi connectivity index (χ3n) is 8.58. The van der Waals surface area contributed by atoms with Gasteiger partial charge in [-0.3, -0.25) is 9.52 Å². The highest BCUT2D eigenvalue weighted by Crippen LogP contribution is 2.54. The second-order valence-corrected chi connectivity index (χ2v) is 13.0. The lowest BCUT2D eigenvalue weighted by Gasteiger charge is -2.41. The Kier molecular flexibility index (Phi) is 6.63. The summed E-state index contributed by atoms with van der Waals surface area (Å²) < 4.78 is 33.1. The Labute approximate surface area is 224 Å². The number of hydrogen-bond donors (Lipinski definition) is 3. The van der Waals surface area contributed by atoms with Crippen LogP contribution in [0.15, 0.2) is 36.4 Å². The zero-order valence-corrected chi connectivity index (χ0v) is 22.4. The number of carbonyl (C=O) groups excluding carboxylic acids is 1. The quantitative estimate of drug-likeness (QED) is 0.490. The van der Waals surface area contributed by atoms with Gasteiger partial charge in [0.15, 0.2) is 0 Å². The van der Waals surface area contributed by atoms with Crippen LogP contribution in [0.5, 0.6) is 5.75 Å². The van der Waals surface area contributed by atoms with Gasteiger partial charge in [0.2, 0.25) is 10.0 Å². The second-order valence-electron chi connectivity index (χ2n) is 11.2. The van der Waals surface area contributed by atoms with Crippen molar-refractivity contribution in [3.05, 3.63) is 42.0 Å². The Morgan fingerprint density at radius 2 is 1.76 bits per heavy atom. The molecule has 1 atom stereocenters. The van der Waals surface area contributed by atoms with Crippen molar-refractivity contribution in [3.63, 3.8) is 0 Å². The van der Waals surface area contributed by atoms with Crippen molar-refractivity contribution < 1.29 is 23.1 Å². The maximum absolute atomic E-state index is 13.6. The first-order chi connectivity index (χ1) is 18.3. The number of hydrogen-bond acceptors (Lipinski definition) is 7. The minimum atomic E-state index is -3.68. The average Bonchev–Trinajstić information content (AvgIpc) is 3.67. The number of aliphatic hydroxyl groups excluding tert-OH is 1. The first-order valence-corrected chi connectivity index (χ1v) is 15.4. The van der Waals surface area contributed by atoms with E-state index in [0.29, 0.717) is 35.0 Å². The van der Waals surface area contributed by atoms with E-state index in [9.17, 15) is 13.2 Å². The van der Waals surface area contributed by atoms with Crippen LogP contribution in [0.2, 0.25) is 0 Å². The number of anilines is 4. The van der Waals surface area contributed by atoms with E-state index in [0.717, 1.165) is 62.4 Å². The number of amides is 1. The van der Waals surface area contributed by atoms with Gasteiger partial charge in [0, 0.05) is 25.3 Å². The molecular weight excluding hydrogens is 504 g/mol. The summed E-state index contributed by atoms with van der Waals surface area (Å²) in [4.78, 5) is 18.2. The number of piperidine rings is 2. The van der Waals surface area contributed by atoms with Crippen molar-refractivity contribution in [3.8, 4) is 5.75 Å². The molecule has 0 bridgehead atoms. The standard InChI is InChI=1S/C28H36N4O5S/c33-15-16-38(35,36)30-21-4-6-23(24(18-21)31-13-10-28(8-9-28)11-14-31)27(34)29-20-5-7-26-25(17-20)32-12-2-1-3-22(32)19-37-26/h4-7,17-18,22,30,33H,1-3,8-16,19H2,(H,29,34)/t22-/m0/s1. The van der Waals surface area contributed by atoms with E-state index >= 15 is 0 Å². The molecule has 0 radical (unpaired) electrons. The van der Waals surface area contributed by atoms with Crippen molar-refractivity contribution in [1.29, 1.82) is 0 Å². The molecule has 1 spiro atoms. The zero-order valence-electron chi connectivity index (χ0n) is 21.6. The van der Waals surface area contributed by atoms with Crippen molar-refractivity contribution in [1.82, 2.24) is 0 Å². The fourth-order valence-corrected chi connectivity index (χ4v) is 6.94. The molecule has 9 nitrogen and oxygen atoms in total. The third kappa shape index (κ3) is 5.16.